The molecule has 3 aromatic rings. The van der Waals surface area contributed by atoms with Gasteiger partial charge in [-0.05, 0) is 44.2 Å². The van der Waals surface area contributed by atoms with Crippen molar-refractivity contribution in [2.24, 2.45) is 0 Å². The van der Waals surface area contributed by atoms with Gasteiger partial charge in [-0.15, -0.1) is 0 Å². The Labute approximate surface area is 186 Å². The lowest BCUT2D eigenvalue weighted by Gasteiger charge is -2.27. The van der Waals surface area contributed by atoms with Gasteiger partial charge in [0.2, 0.25) is 5.78 Å². The molecule has 1 aliphatic heterocycles. The van der Waals surface area contributed by atoms with E-state index in [4.69, 9.17) is 18.9 Å². The second-order valence-corrected chi connectivity index (χ2v) is 7.58. The minimum atomic E-state index is -0.595. The van der Waals surface area contributed by atoms with Gasteiger partial charge in [-0.3, -0.25) is 4.79 Å². The van der Waals surface area contributed by atoms with Gasteiger partial charge < -0.3 is 23.5 Å². The van der Waals surface area contributed by atoms with Crippen LogP contribution in [-0.4, -0.2) is 42.2 Å². The van der Waals surface area contributed by atoms with Gasteiger partial charge in [-0.25, -0.2) is 4.79 Å². The second kappa shape index (κ2) is 9.60. The first kappa shape index (κ1) is 21.5. The summed E-state index contributed by atoms with van der Waals surface area (Å²) in [6, 6.07) is 18.3. The number of hydrogen-bond acceptors (Lipinski definition) is 6. The predicted molar refractivity (Wildman–Crippen MR) is 117 cm³/mol. The summed E-state index contributed by atoms with van der Waals surface area (Å²) in [6.45, 7) is 4.19. The van der Waals surface area contributed by atoms with Crippen LogP contribution in [-0.2, 0) is 16.1 Å². The number of Topliss-reactive ketones (excluding diaryl/α,β-unsaturated/α-hetero) is 1. The number of benzene rings is 2. The summed E-state index contributed by atoms with van der Waals surface area (Å²) in [6.07, 6.45) is -0.175. The van der Waals surface area contributed by atoms with Crippen molar-refractivity contribution in [1.29, 1.82) is 0 Å². The highest BCUT2D eigenvalue weighted by Crippen LogP contribution is 2.31. The van der Waals surface area contributed by atoms with Crippen molar-refractivity contribution in [3.8, 4) is 17.2 Å². The molecule has 1 atom stereocenters. The number of esters is 1. The van der Waals surface area contributed by atoms with E-state index < -0.39 is 5.97 Å². The van der Waals surface area contributed by atoms with Crippen molar-refractivity contribution in [2.45, 2.75) is 26.5 Å². The molecule has 2 aromatic carbocycles. The van der Waals surface area contributed by atoms with E-state index in [0.29, 0.717) is 30.2 Å². The van der Waals surface area contributed by atoms with Crippen LogP contribution in [0.2, 0.25) is 0 Å². The highest BCUT2D eigenvalue weighted by Gasteiger charge is 2.24. The molecule has 0 spiro atoms. The Balaban J connectivity index is 1.33. The van der Waals surface area contributed by atoms with Crippen molar-refractivity contribution in [2.75, 3.05) is 19.8 Å². The molecule has 0 radical (unpaired) electrons. The van der Waals surface area contributed by atoms with Crippen molar-refractivity contribution in [1.82, 2.24) is 4.57 Å². The summed E-state index contributed by atoms with van der Waals surface area (Å²) in [7, 11) is 0. The zero-order chi connectivity index (χ0) is 22.5. The Morgan fingerprint density at radius 3 is 2.50 bits per heavy atom. The Morgan fingerprint density at radius 2 is 1.72 bits per heavy atom. The molecule has 1 unspecified atom stereocenters. The average molecular weight is 435 g/mol. The van der Waals surface area contributed by atoms with Crippen LogP contribution in [0.25, 0.3) is 0 Å². The molecule has 0 N–H and O–H groups in total. The topological polar surface area (TPSA) is 76.0 Å². The van der Waals surface area contributed by atoms with Crippen LogP contribution >= 0.6 is 0 Å². The first-order valence-electron chi connectivity index (χ1n) is 10.4. The SMILES string of the molecule is Cc1cc(C(=O)COC(=O)COc2ccccc2)c(C)n1CC1COc2ccccc2O1. The lowest BCUT2D eigenvalue weighted by molar-refractivity contribution is -0.144. The number of hydrogen-bond donors (Lipinski definition) is 0. The maximum Gasteiger partial charge on any atom is 0.344 e. The van der Waals surface area contributed by atoms with E-state index in [-0.39, 0.29) is 25.1 Å². The van der Waals surface area contributed by atoms with E-state index in [0.717, 1.165) is 17.1 Å². The number of carbonyl (C=O) groups excluding carboxylic acids is 2. The highest BCUT2D eigenvalue weighted by molar-refractivity contribution is 5.99. The first-order valence-corrected chi connectivity index (χ1v) is 10.4. The summed E-state index contributed by atoms with van der Waals surface area (Å²) in [4.78, 5) is 24.6. The zero-order valence-electron chi connectivity index (χ0n) is 18.1. The van der Waals surface area contributed by atoms with Gasteiger partial charge in [0.15, 0.2) is 30.8 Å². The molecular weight excluding hydrogens is 410 g/mol. The number of fused-ring (bicyclic) bond motifs is 1. The molecule has 0 saturated heterocycles. The molecule has 32 heavy (non-hydrogen) atoms. The number of carbonyl (C=O) groups is 2. The number of aryl methyl sites for hydroxylation is 1. The van der Waals surface area contributed by atoms with Crippen LogP contribution in [0.1, 0.15) is 21.7 Å². The van der Waals surface area contributed by atoms with Gasteiger partial charge in [0.1, 0.15) is 12.4 Å². The van der Waals surface area contributed by atoms with E-state index >= 15 is 0 Å². The lowest BCUT2D eigenvalue weighted by Crippen LogP contribution is -2.33. The van der Waals surface area contributed by atoms with Gasteiger partial charge in [0.25, 0.3) is 0 Å². The summed E-state index contributed by atoms with van der Waals surface area (Å²) in [5.74, 6) is 1.16. The van der Waals surface area contributed by atoms with Crippen molar-refractivity contribution in [3.05, 3.63) is 77.6 Å². The van der Waals surface area contributed by atoms with Crippen LogP contribution < -0.4 is 14.2 Å². The fourth-order valence-electron chi connectivity index (χ4n) is 3.65. The highest BCUT2D eigenvalue weighted by atomic mass is 16.6. The fraction of sp³-hybridized carbons (Fsp3) is 0.280. The van der Waals surface area contributed by atoms with Gasteiger partial charge in [-0.1, -0.05) is 30.3 Å². The monoisotopic (exact) mass is 435 g/mol. The number of rotatable bonds is 8. The Hall–Kier alpha value is -3.74. The lowest BCUT2D eigenvalue weighted by atomic mass is 10.1. The quantitative estimate of drug-likeness (QED) is 0.396. The molecule has 2 heterocycles. The minimum absolute atomic E-state index is 0.175. The predicted octanol–water partition coefficient (Wildman–Crippen LogP) is 3.75. The van der Waals surface area contributed by atoms with E-state index in [1.54, 1.807) is 12.1 Å². The number of nitrogens with zero attached hydrogens (tertiary/aromatic N) is 1. The van der Waals surface area contributed by atoms with E-state index in [1.165, 1.54) is 0 Å². The van der Waals surface area contributed by atoms with Crippen LogP contribution in [0.3, 0.4) is 0 Å². The maximum absolute atomic E-state index is 12.7. The molecule has 7 nitrogen and oxygen atoms in total. The standard InChI is InChI=1S/C25H25NO6/c1-17-12-21(22(27)15-31-25(28)16-29-19-8-4-3-5-9-19)18(2)26(17)13-20-14-30-23-10-6-7-11-24(23)32-20/h3-12,20H,13-16H2,1-2H3. The van der Waals surface area contributed by atoms with Crippen molar-refractivity contribution < 1.29 is 28.5 Å². The van der Waals surface area contributed by atoms with Gasteiger partial charge >= 0.3 is 5.97 Å². The molecule has 0 amide bonds. The molecule has 1 aromatic heterocycles. The molecule has 0 saturated carbocycles. The third-order valence-electron chi connectivity index (χ3n) is 5.29. The average Bonchev–Trinajstić information content (AvgIpc) is 3.10. The van der Waals surface area contributed by atoms with Crippen molar-refractivity contribution in [3.63, 3.8) is 0 Å². The fourth-order valence-corrected chi connectivity index (χ4v) is 3.65. The van der Waals surface area contributed by atoms with Gasteiger partial charge in [0.05, 0.1) is 6.54 Å². The first-order chi connectivity index (χ1) is 15.5. The van der Waals surface area contributed by atoms with Crippen LogP contribution in [0, 0.1) is 13.8 Å². The molecule has 0 bridgehead atoms. The van der Waals surface area contributed by atoms with Crippen LogP contribution in [0.5, 0.6) is 17.2 Å². The Morgan fingerprint density at radius 1 is 1.00 bits per heavy atom. The Bertz CT molecular complexity index is 1100. The molecular formula is C25H25NO6. The van der Waals surface area contributed by atoms with E-state index in [9.17, 15) is 9.59 Å². The number of aromatic nitrogens is 1. The zero-order valence-corrected chi connectivity index (χ0v) is 18.1. The van der Waals surface area contributed by atoms with Crippen LogP contribution in [0.4, 0.5) is 0 Å². The van der Waals surface area contributed by atoms with Crippen LogP contribution in [0.15, 0.2) is 60.7 Å². The van der Waals surface area contributed by atoms with Gasteiger partial charge in [0, 0.05) is 17.0 Å². The second-order valence-electron chi connectivity index (χ2n) is 7.58. The smallest absolute Gasteiger partial charge is 0.344 e. The summed E-state index contributed by atoms with van der Waals surface area (Å²) >= 11 is 0. The summed E-state index contributed by atoms with van der Waals surface area (Å²) < 4.78 is 24.3. The third-order valence-corrected chi connectivity index (χ3v) is 5.29. The summed E-state index contributed by atoms with van der Waals surface area (Å²) in [5, 5.41) is 0. The van der Waals surface area contributed by atoms with E-state index in [2.05, 4.69) is 0 Å². The summed E-state index contributed by atoms with van der Waals surface area (Å²) in [5.41, 5.74) is 2.25. The Kier molecular flexibility index (Phi) is 6.44. The molecule has 166 valence electrons. The normalized spacial score (nSPS) is 14.6. The molecule has 7 heteroatoms. The third kappa shape index (κ3) is 4.94. The largest absolute Gasteiger partial charge is 0.486 e. The minimum Gasteiger partial charge on any atom is -0.486 e. The molecule has 0 fully saturated rings. The van der Waals surface area contributed by atoms with Gasteiger partial charge in [-0.2, -0.15) is 0 Å². The number of ketones is 1. The maximum atomic E-state index is 12.7. The molecule has 0 aliphatic carbocycles. The van der Waals surface area contributed by atoms with E-state index in [1.807, 2.05) is 66.9 Å². The number of ether oxygens (including phenoxy) is 4. The molecule has 4 rings (SSSR count). The number of para-hydroxylation sites is 3. The van der Waals surface area contributed by atoms with Crippen molar-refractivity contribution >= 4 is 11.8 Å². The molecule has 1 aliphatic rings.